The minimum absolute atomic E-state index is 0.827. The van der Waals surface area contributed by atoms with E-state index in [-0.39, 0.29) is 0 Å². The molecule has 0 aromatic rings. The average Bonchev–Trinajstić information content (AvgIpc) is 2.01. The van der Waals surface area contributed by atoms with Gasteiger partial charge in [-0.15, -0.1) is 5.84 Å². The fraction of sp³-hybridized carbons (Fsp3) is 1.00. The second-order valence-electron chi connectivity index (χ2n) is 2.40. The molecule has 11 heteroatoms. The molecular formula is C3H13N6O5+. The van der Waals surface area contributed by atoms with Crippen molar-refractivity contribution in [3.8, 4) is 0 Å². The summed E-state index contributed by atoms with van der Waals surface area (Å²) in [4.78, 5) is 22.5. The summed E-state index contributed by atoms with van der Waals surface area (Å²) in [6.07, 6.45) is 0. The van der Waals surface area contributed by atoms with Gasteiger partial charge in [0, 0.05) is 25.0 Å². The number of nitrogens with zero attached hydrogens (tertiary/aromatic N) is 3. The normalized spacial score (nSPS) is 34.3. The van der Waals surface area contributed by atoms with E-state index in [2.05, 4.69) is 14.8 Å². The Bertz CT molecular complexity index is 179. The summed E-state index contributed by atoms with van der Waals surface area (Å²) < 4.78 is 0. The summed E-state index contributed by atoms with van der Waals surface area (Å²) in [5.41, 5.74) is 4.05. The molecule has 1 atom stereocenters. The van der Waals surface area contributed by atoms with Crippen molar-refractivity contribution >= 4 is 0 Å². The second kappa shape index (κ2) is 4.87. The maximum absolute atomic E-state index is 5.45. The number of hydrogen-bond donors (Lipinski definition) is 3. The summed E-state index contributed by atoms with van der Waals surface area (Å²) in [7, 11) is 4.22. The van der Waals surface area contributed by atoms with Crippen LogP contribution in [0.3, 0.4) is 0 Å². The molecule has 1 fully saturated rings. The Morgan fingerprint density at radius 2 is 1.64 bits per heavy atom. The van der Waals surface area contributed by atoms with E-state index in [9.17, 15) is 0 Å². The molecule has 0 radical (unpaired) electrons. The van der Waals surface area contributed by atoms with Crippen LogP contribution in [0.5, 0.6) is 0 Å². The molecule has 14 heavy (non-hydrogen) atoms. The fourth-order valence-corrected chi connectivity index (χ4v) is 0.545. The first-order valence-corrected chi connectivity index (χ1v) is 3.51. The fourth-order valence-electron chi connectivity index (χ4n) is 0.545. The van der Waals surface area contributed by atoms with Gasteiger partial charge in [0.2, 0.25) is 0 Å². The molecule has 1 saturated heterocycles. The van der Waals surface area contributed by atoms with Crippen LogP contribution in [-0.2, 0) is 24.7 Å². The Morgan fingerprint density at radius 3 is 2.36 bits per heavy atom. The zero-order valence-corrected chi connectivity index (χ0v) is 7.96. The lowest BCUT2D eigenvalue weighted by molar-refractivity contribution is -1.28. The molecule has 1 heterocycles. The number of nitrogens with two attached hydrogens (primary N) is 1. The predicted molar refractivity (Wildman–Crippen MR) is 37.6 cm³/mol. The molecule has 1 unspecified atom stereocenters. The minimum Gasteiger partial charge on any atom is -0.156 e. The number of hydrogen-bond acceptors (Lipinski definition) is 10. The lowest BCUT2D eigenvalue weighted by Gasteiger charge is -2.26. The summed E-state index contributed by atoms with van der Waals surface area (Å²) >= 11 is 0. The Kier molecular flexibility index (Phi) is 4.05. The Morgan fingerprint density at radius 1 is 1.07 bits per heavy atom. The molecule has 0 aromatic heterocycles. The van der Waals surface area contributed by atoms with Crippen LogP contribution in [0.25, 0.3) is 0 Å². The third-order valence-electron chi connectivity index (χ3n) is 0.993. The highest BCUT2D eigenvalue weighted by atomic mass is 17.3. The maximum Gasteiger partial charge on any atom is 0.157 e. The third kappa shape index (κ3) is 4.18. The average molecular weight is 213 g/mol. The zero-order chi connectivity index (χ0) is 10.6. The number of nitrogens with one attached hydrogen (secondary N) is 2. The van der Waals surface area contributed by atoms with Gasteiger partial charge < -0.3 is 0 Å². The topological polar surface area (TPSA) is 103 Å². The van der Waals surface area contributed by atoms with Gasteiger partial charge in [-0.1, -0.05) is 0 Å². The molecule has 0 spiro atoms. The SMILES string of the molecule is CN1ONON(C)O[N+](C)(N)ONO1. The molecule has 0 bridgehead atoms. The Labute approximate surface area is 79.5 Å². The first kappa shape index (κ1) is 11.6. The van der Waals surface area contributed by atoms with E-state index in [1.165, 1.54) is 21.1 Å². The van der Waals surface area contributed by atoms with E-state index in [4.69, 9.17) is 15.7 Å². The highest BCUT2D eigenvalue weighted by Crippen LogP contribution is 1.99. The van der Waals surface area contributed by atoms with E-state index in [1.807, 2.05) is 11.3 Å². The predicted octanol–water partition coefficient (Wildman–Crippen LogP) is -2.40. The van der Waals surface area contributed by atoms with Crippen LogP contribution in [0.15, 0.2) is 0 Å². The van der Waals surface area contributed by atoms with Gasteiger partial charge in [0.05, 0.1) is 4.92 Å². The van der Waals surface area contributed by atoms with Crippen LogP contribution in [-0.4, -0.2) is 36.5 Å². The van der Waals surface area contributed by atoms with Crippen LogP contribution >= 0.6 is 0 Å². The number of hydroxylamine groups is 6. The Balaban J connectivity index is 2.46. The van der Waals surface area contributed by atoms with Crippen LogP contribution in [0.4, 0.5) is 0 Å². The van der Waals surface area contributed by atoms with Crippen molar-refractivity contribution in [3.63, 3.8) is 0 Å². The maximum atomic E-state index is 5.45. The van der Waals surface area contributed by atoms with Gasteiger partial charge in [0.25, 0.3) is 0 Å². The largest absolute Gasteiger partial charge is 0.157 e. The molecule has 0 amide bonds. The lowest BCUT2D eigenvalue weighted by Crippen LogP contribution is -2.58. The van der Waals surface area contributed by atoms with Gasteiger partial charge in [-0.2, -0.15) is 14.8 Å². The van der Waals surface area contributed by atoms with Crippen LogP contribution in [0, 0.1) is 0 Å². The lowest BCUT2D eigenvalue weighted by atomic mass is 11.4. The zero-order valence-electron chi connectivity index (χ0n) is 7.96. The van der Waals surface area contributed by atoms with Crippen molar-refractivity contribution in [1.82, 2.24) is 21.7 Å². The molecule has 4 N–H and O–H groups in total. The van der Waals surface area contributed by atoms with E-state index >= 15 is 0 Å². The quantitative estimate of drug-likeness (QED) is 0.298. The highest BCUT2D eigenvalue weighted by molar-refractivity contribution is 3.88. The van der Waals surface area contributed by atoms with Crippen molar-refractivity contribution in [2.45, 2.75) is 0 Å². The standard InChI is InChI=1S/C3H13N6O5/c1-7-10-5-11-8(2)14-9(3,4)13-6-12-7/h5-6H,4H2,1-3H3/q+1. The van der Waals surface area contributed by atoms with Crippen molar-refractivity contribution < 1.29 is 29.6 Å². The summed E-state index contributed by atoms with van der Waals surface area (Å²) in [5, 5.41) is 1.75. The summed E-state index contributed by atoms with van der Waals surface area (Å²) in [6, 6.07) is 0. The van der Waals surface area contributed by atoms with E-state index in [0.29, 0.717) is 0 Å². The van der Waals surface area contributed by atoms with Gasteiger partial charge in [0.15, 0.2) is 7.05 Å². The molecule has 0 aliphatic carbocycles. The number of quaternary nitrogens is 1. The molecule has 1 rings (SSSR count). The van der Waals surface area contributed by atoms with Crippen LogP contribution < -0.4 is 17.1 Å². The van der Waals surface area contributed by atoms with Crippen molar-refractivity contribution in [1.29, 1.82) is 0 Å². The minimum atomic E-state index is -0.827. The van der Waals surface area contributed by atoms with Crippen LogP contribution in [0.2, 0.25) is 0 Å². The van der Waals surface area contributed by atoms with Crippen LogP contribution in [0.1, 0.15) is 0 Å². The van der Waals surface area contributed by atoms with Gasteiger partial charge in [-0.25, -0.2) is 0 Å². The van der Waals surface area contributed by atoms with Gasteiger partial charge in [-0.05, 0) is 20.7 Å². The van der Waals surface area contributed by atoms with Gasteiger partial charge in [0.1, 0.15) is 0 Å². The van der Waals surface area contributed by atoms with Gasteiger partial charge in [-0.3, -0.25) is 0 Å². The number of rotatable bonds is 0. The molecule has 0 saturated carbocycles. The molecule has 84 valence electrons. The van der Waals surface area contributed by atoms with Gasteiger partial charge >= 0.3 is 0 Å². The highest BCUT2D eigenvalue weighted by Gasteiger charge is 2.27. The molecule has 1 aliphatic heterocycles. The molecule has 1 aliphatic rings. The first-order valence-electron chi connectivity index (χ1n) is 3.51. The van der Waals surface area contributed by atoms with Crippen molar-refractivity contribution in [2.75, 3.05) is 21.1 Å². The molecule has 11 nitrogen and oxygen atoms in total. The smallest absolute Gasteiger partial charge is 0.156 e. The van der Waals surface area contributed by atoms with E-state index in [1.54, 1.807) is 0 Å². The monoisotopic (exact) mass is 213 g/mol. The molecule has 0 aromatic carbocycles. The van der Waals surface area contributed by atoms with E-state index < -0.39 is 4.92 Å². The van der Waals surface area contributed by atoms with Crippen molar-refractivity contribution in [2.24, 2.45) is 5.84 Å². The first-order chi connectivity index (χ1) is 6.49. The summed E-state index contributed by atoms with van der Waals surface area (Å²) in [5.74, 6) is 5.45. The third-order valence-corrected chi connectivity index (χ3v) is 0.993. The Hall–Kier alpha value is -0.440. The van der Waals surface area contributed by atoms with Crippen molar-refractivity contribution in [3.05, 3.63) is 0 Å². The summed E-state index contributed by atoms with van der Waals surface area (Å²) in [6.45, 7) is 0. The second-order valence-corrected chi connectivity index (χ2v) is 2.40. The van der Waals surface area contributed by atoms with E-state index in [0.717, 1.165) is 10.5 Å². The molecular weight excluding hydrogens is 200 g/mol.